The molecule has 0 unspecified atom stereocenters. The lowest BCUT2D eigenvalue weighted by Gasteiger charge is -2.49. The van der Waals surface area contributed by atoms with Crippen LogP contribution in [0.3, 0.4) is 0 Å². The number of hydrogen-bond acceptors (Lipinski definition) is 13. The van der Waals surface area contributed by atoms with Crippen molar-refractivity contribution in [3.8, 4) is 0 Å². The normalized spacial score (nSPS) is 23.6. The second-order valence-corrected chi connectivity index (χ2v) is 19.6. The lowest BCUT2D eigenvalue weighted by atomic mass is 9.89. The number of aliphatic hydroxyl groups is 1. The molecule has 1 amide bonds. The summed E-state index contributed by atoms with van der Waals surface area (Å²) in [6.45, 7) is 8.93. The third kappa shape index (κ3) is 17.2. The number of esters is 1. The topological polar surface area (TPSA) is 189 Å². The average molecular weight is 1030 g/mol. The van der Waals surface area contributed by atoms with Crippen molar-refractivity contribution in [1.29, 1.82) is 0 Å². The molecular weight excluding hydrogens is 957 g/mol. The summed E-state index contributed by atoms with van der Waals surface area (Å²) < 4.78 is 58.8. The number of amides is 1. The first-order valence-electron chi connectivity index (χ1n) is 25.9. The molecule has 5 aromatic carbocycles. The van der Waals surface area contributed by atoms with E-state index in [-0.39, 0.29) is 46.0 Å². The predicted octanol–water partition coefficient (Wildman–Crippen LogP) is 10.6. The molecule has 0 aliphatic carbocycles. The molecule has 2 saturated heterocycles. The number of hydrogen-bond donors (Lipinski definition) is 1. The van der Waals surface area contributed by atoms with E-state index in [2.05, 4.69) is 10.0 Å². The minimum atomic E-state index is -1.42. The SMILES string of the molecule is C[C@@H]1O[C@@H](O[C@H]2[C@H](OCCCCCN(Cc3ccccc3)C(=O)OCc3ccccc3)O[C@@H](C)[C@H](OCc3ccccc3)[C@H]2OCc2ccccc2)[C@H](OC(=O)C(C)(C)CCN=[N+]=[N-])[C@H](O)[C@H]1OCc1ccccc1. The quantitative estimate of drug-likeness (QED) is 0.0172. The Hall–Kier alpha value is -6.17. The van der Waals surface area contributed by atoms with Crippen molar-refractivity contribution in [2.45, 2.75) is 148 Å². The second-order valence-electron chi connectivity index (χ2n) is 19.6. The summed E-state index contributed by atoms with van der Waals surface area (Å²) in [7, 11) is 0. The maximum Gasteiger partial charge on any atom is 0.410 e. The van der Waals surface area contributed by atoms with Crippen LogP contribution in [0.4, 0.5) is 4.79 Å². The van der Waals surface area contributed by atoms with Gasteiger partial charge in [-0.2, -0.15) is 0 Å². The summed E-state index contributed by atoms with van der Waals surface area (Å²) in [5.41, 5.74) is 12.5. The van der Waals surface area contributed by atoms with Crippen molar-refractivity contribution in [2.75, 3.05) is 19.7 Å². The van der Waals surface area contributed by atoms with E-state index in [9.17, 15) is 14.7 Å². The van der Waals surface area contributed by atoms with Crippen molar-refractivity contribution in [3.05, 3.63) is 190 Å². The first-order valence-corrected chi connectivity index (χ1v) is 25.9. The van der Waals surface area contributed by atoms with E-state index in [1.807, 2.05) is 159 Å². The molecule has 2 heterocycles. The van der Waals surface area contributed by atoms with Crippen LogP contribution in [0.15, 0.2) is 157 Å². The molecule has 75 heavy (non-hydrogen) atoms. The third-order valence-corrected chi connectivity index (χ3v) is 13.4. The Morgan fingerprint density at radius 3 is 1.63 bits per heavy atom. The molecule has 0 aromatic heterocycles. The number of rotatable bonds is 27. The molecule has 16 nitrogen and oxygen atoms in total. The Morgan fingerprint density at radius 2 is 1.08 bits per heavy atom. The van der Waals surface area contributed by atoms with Gasteiger partial charge in [0.05, 0.1) is 37.4 Å². The second kappa shape index (κ2) is 29.2. The van der Waals surface area contributed by atoms with Gasteiger partial charge in [-0.3, -0.25) is 4.79 Å². The van der Waals surface area contributed by atoms with Gasteiger partial charge in [-0.15, -0.1) is 0 Å². The summed E-state index contributed by atoms with van der Waals surface area (Å²) in [4.78, 5) is 32.2. The number of carbonyl (C=O) groups excluding carboxylic acids is 2. The molecule has 1 N–H and O–H groups in total. The first-order chi connectivity index (χ1) is 36.5. The van der Waals surface area contributed by atoms with Crippen LogP contribution in [0.2, 0.25) is 0 Å². The monoisotopic (exact) mass is 1030 g/mol. The largest absolute Gasteiger partial charge is 0.454 e. The number of ether oxygens (including phenoxy) is 9. The molecule has 16 heteroatoms. The highest BCUT2D eigenvalue weighted by atomic mass is 16.8. The lowest BCUT2D eigenvalue weighted by Crippen LogP contribution is -2.65. The zero-order valence-corrected chi connectivity index (χ0v) is 43.4. The minimum Gasteiger partial charge on any atom is -0.454 e. The summed E-state index contributed by atoms with van der Waals surface area (Å²) >= 11 is 0. The molecule has 7 rings (SSSR count). The zero-order valence-electron chi connectivity index (χ0n) is 43.4. The number of aliphatic hydroxyl groups excluding tert-OH is 1. The molecule has 10 atom stereocenters. The van der Waals surface area contributed by atoms with Gasteiger partial charge in [-0.05, 0) is 86.7 Å². The molecule has 0 bridgehead atoms. The van der Waals surface area contributed by atoms with Gasteiger partial charge in [-0.25, -0.2) is 4.79 Å². The van der Waals surface area contributed by atoms with Crippen LogP contribution in [0.25, 0.3) is 10.4 Å². The van der Waals surface area contributed by atoms with Gasteiger partial charge < -0.3 is 52.6 Å². The van der Waals surface area contributed by atoms with E-state index in [0.717, 1.165) is 27.8 Å². The molecule has 400 valence electrons. The Balaban J connectivity index is 1.12. The molecule has 2 fully saturated rings. The number of azide groups is 1. The molecule has 2 aliphatic heterocycles. The van der Waals surface area contributed by atoms with Crippen molar-refractivity contribution >= 4 is 12.1 Å². The van der Waals surface area contributed by atoms with Gasteiger partial charge in [0.1, 0.15) is 37.1 Å². The molecular formula is C59H72N4O12. The van der Waals surface area contributed by atoms with Gasteiger partial charge in [0.25, 0.3) is 0 Å². The van der Waals surface area contributed by atoms with E-state index < -0.39 is 78.9 Å². The predicted molar refractivity (Wildman–Crippen MR) is 280 cm³/mol. The van der Waals surface area contributed by atoms with Crippen molar-refractivity contribution in [2.24, 2.45) is 10.5 Å². The molecule has 2 aliphatic rings. The van der Waals surface area contributed by atoms with Gasteiger partial charge in [-0.1, -0.05) is 157 Å². The lowest BCUT2D eigenvalue weighted by molar-refractivity contribution is -0.371. The van der Waals surface area contributed by atoms with Crippen LogP contribution in [0.5, 0.6) is 0 Å². The smallest absolute Gasteiger partial charge is 0.410 e. The minimum absolute atomic E-state index is 0.0523. The van der Waals surface area contributed by atoms with Crippen molar-refractivity contribution < 1.29 is 57.3 Å². The highest BCUT2D eigenvalue weighted by Gasteiger charge is 2.54. The summed E-state index contributed by atoms with van der Waals surface area (Å²) in [5.74, 6) is -0.665. The Labute approximate surface area is 440 Å². The Morgan fingerprint density at radius 1 is 0.600 bits per heavy atom. The van der Waals surface area contributed by atoms with E-state index in [0.29, 0.717) is 32.4 Å². The number of carbonyl (C=O) groups is 2. The van der Waals surface area contributed by atoms with Gasteiger partial charge in [0.2, 0.25) is 0 Å². The fourth-order valence-corrected chi connectivity index (χ4v) is 8.98. The highest BCUT2D eigenvalue weighted by Crippen LogP contribution is 2.36. The summed E-state index contributed by atoms with van der Waals surface area (Å²) in [5, 5.41) is 15.9. The molecule has 0 saturated carbocycles. The van der Waals surface area contributed by atoms with Crippen LogP contribution in [-0.2, 0) is 80.4 Å². The standard InChI is InChI=1S/C59H72N4O12/c1-42-50(68-38-45-25-13-6-14-26-45)49(64)52(75-57(65)59(3,4)33-34-61-62-60)56(73-42)74-54-53(70-40-47-29-17-8-18-30-47)51(69-39-46-27-15-7-16-28-46)43(2)72-55(54)67-36-22-10-21-35-63(37-44-23-11-5-12-24-44)58(66)71-41-48-31-19-9-20-32-48/h5-9,11-20,23-32,42-43,49-56,64H,10,21-22,33-41H2,1-4H3/t42-,43-,49+,50-,51-,52+,53+,54+,55+,56-/m0/s1. The highest BCUT2D eigenvalue weighted by molar-refractivity contribution is 5.76. The number of unbranched alkanes of at least 4 members (excludes halogenated alkanes) is 2. The maximum atomic E-state index is 14.1. The Bertz CT molecular complexity index is 2490. The zero-order chi connectivity index (χ0) is 52.8. The van der Waals surface area contributed by atoms with Crippen LogP contribution in [0.1, 0.15) is 81.2 Å². The fourth-order valence-electron chi connectivity index (χ4n) is 8.98. The van der Waals surface area contributed by atoms with Crippen LogP contribution >= 0.6 is 0 Å². The van der Waals surface area contributed by atoms with E-state index in [4.69, 9.17) is 48.2 Å². The molecule has 0 radical (unpaired) electrons. The molecule has 0 spiro atoms. The summed E-state index contributed by atoms with van der Waals surface area (Å²) in [6.07, 6.45) is -8.40. The van der Waals surface area contributed by atoms with Crippen LogP contribution < -0.4 is 0 Å². The number of nitrogens with zero attached hydrogens (tertiary/aromatic N) is 4. The molecule has 5 aromatic rings. The van der Waals surface area contributed by atoms with E-state index in [1.165, 1.54) is 0 Å². The number of benzene rings is 5. The van der Waals surface area contributed by atoms with Crippen molar-refractivity contribution in [1.82, 2.24) is 4.90 Å². The van der Waals surface area contributed by atoms with E-state index >= 15 is 0 Å². The van der Waals surface area contributed by atoms with Gasteiger partial charge in [0.15, 0.2) is 18.7 Å². The summed E-state index contributed by atoms with van der Waals surface area (Å²) in [6, 6.07) is 48.5. The van der Waals surface area contributed by atoms with Gasteiger partial charge in [0, 0.05) is 31.2 Å². The average Bonchev–Trinajstić information content (AvgIpc) is 3.42. The van der Waals surface area contributed by atoms with Crippen LogP contribution in [0, 0.1) is 5.41 Å². The van der Waals surface area contributed by atoms with Crippen LogP contribution in [-0.4, -0.2) is 103 Å². The maximum absolute atomic E-state index is 14.1. The van der Waals surface area contributed by atoms with E-state index in [1.54, 1.807) is 25.7 Å². The van der Waals surface area contributed by atoms with Gasteiger partial charge >= 0.3 is 12.1 Å². The first kappa shape index (κ1) is 56.6. The fraction of sp³-hybridized carbons (Fsp3) is 0.458. The van der Waals surface area contributed by atoms with Crippen molar-refractivity contribution in [3.63, 3.8) is 0 Å². The third-order valence-electron chi connectivity index (χ3n) is 13.4. The Kier molecular flexibility index (Phi) is 22.0.